The van der Waals surface area contributed by atoms with Crippen LogP contribution in [-0.4, -0.2) is 95.2 Å². The second-order valence-electron chi connectivity index (χ2n) is 9.57. The van der Waals surface area contributed by atoms with Crippen molar-refractivity contribution in [3.05, 3.63) is 54.1 Å². The van der Waals surface area contributed by atoms with Gasteiger partial charge in [-0.15, -0.1) is 0 Å². The van der Waals surface area contributed by atoms with Gasteiger partial charge in [0.2, 0.25) is 11.8 Å². The number of amides is 1. The molecule has 2 atom stereocenters. The topological polar surface area (TPSA) is 105 Å². The van der Waals surface area contributed by atoms with Crippen molar-refractivity contribution >= 4 is 11.8 Å². The van der Waals surface area contributed by atoms with Gasteiger partial charge in [-0.2, -0.15) is 0 Å². The first kappa shape index (κ1) is 25.7. The average Bonchev–Trinajstić information content (AvgIpc) is 3.58. The van der Waals surface area contributed by atoms with Crippen LogP contribution in [0.4, 0.5) is 4.39 Å². The van der Waals surface area contributed by atoms with Crippen LogP contribution < -0.4 is 9.47 Å². The maximum absolute atomic E-state index is 13.2. The average molecular weight is 523 g/mol. The van der Waals surface area contributed by atoms with E-state index >= 15 is 0 Å². The van der Waals surface area contributed by atoms with Crippen LogP contribution in [0, 0.1) is 0 Å². The molecule has 0 unspecified atom stereocenters. The molecule has 200 valence electrons. The summed E-state index contributed by atoms with van der Waals surface area (Å²) in [6, 6.07) is 9.08. The Hall–Kier alpha value is -3.99. The molecule has 0 bridgehead atoms. The predicted octanol–water partition coefficient (Wildman–Crippen LogP) is 3.55. The Kier molecular flexibility index (Phi) is 7.54. The number of carbonyl (C=O) groups is 1. The van der Waals surface area contributed by atoms with Crippen molar-refractivity contribution in [1.29, 1.82) is 0 Å². The summed E-state index contributed by atoms with van der Waals surface area (Å²) < 4.78 is 30.6. The summed E-state index contributed by atoms with van der Waals surface area (Å²) in [5.74, 6) is 1.51. The summed E-state index contributed by atoms with van der Waals surface area (Å²) in [7, 11) is 2.03. The standard InChI is InChI=1S/C27H31FN6O4/c1-17(13-28)36-20-10-19(22-4-5-23(32-22)26-31-14-18(2)37-26)11-21(12-20)38-25-16-29-24(15-30-25)27(35)34-8-6-33(3)7-9-34/h4-5,10-12,15-18,32H,6-9,13-14H2,1-3H3/t17-,18-/m0/s1. The lowest BCUT2D eigenvalue weighted by Gasteiger charge is -2.32. The number of hydrogen-bond donors (Lipinski definition) is 1. The summed E-state index contributed by atoms with van der Waals surface area (Å²) >= 11 is 0. The molecule has 1 aromatic carbocycles. The van der Waals surface area contributed by atoms with Gasteiger partial charge in [0.05, 0.1) is 18.9 Å². The van der Waals surface area contributed by atoms with E-state index in [-0.39, 0.29) is 23.6 Å². The first-order valence-corrected chi connectivity index (χ1v) is 12.6. The SMILES string of the molecule is C[C@H]1CN=C(c2ccc(-c3cc(Oc4cnc(C(=O)N5CCN(C)CC5)cn4)cc(O[C@@H](C)CF)c3)[nH]2)O1. The summed E-state index contributed by atoms with van der Waals surface area (Å²) in [6.07, 6.45) is 2.26. The van der Waals surface area contributed by atoms with E-state index in [9.17, 15) is 9.18 Å². The molecule has 0 aliphatic carbocycles. The van der Waals surface area contributed by atoms with E-state index in [1.54, 1.807) is 24.0 Å². The quantitative estimate of drug-likeness (QED) is 0.482. The van der Waals surface area contributed by atoms with Gasteiger partial charge in [0.15, 0.2) is 0 Å². The Morgan fingerprint density at radius 1 is 1.13 bits per heavy atom. The van der Waals surface area contributed by atoms with E-state index in [4.69, 9.17) is 14.2 Å². The molecule has 1 amide bonds. The summed E-state index contributed by atoms with van der Waals surface area (Å²) in [6.45, 7) is 6.56. The van der Waals surface area contributed by atoms with Crippen LogP contribution in [0.15, 0.2) is 47.7 Å². The van der Waals surface area contributed by atoms with Crippen molar-refractivity contribution in [3.63, 3.8) is 0 Å². The number of nitrogens with zero attached hydrogens (tertiary/aromatic N) is 5. The molecule has 0 radical (unpaired) electrons. The Morgan fingerprint density at radius 2 is 1.89 bits per heavy atom. The second kappa shape index (κ2) is 11.2. The van der Waals surface area contributed by atoms with E-state index in [1.807, 2.05) is 32.2 Å². The zero-order chi connectivity index (χ0) is 26.6. The molecule has 1 N–H and O–H groups in total. The van der Waals surface area contributed by atoms with Gasteiger partial charge in [-0.1, -0.05) is 0 Å². The molecule has 10 nitrogen and oxygen atoms in total. The fraction of sp³-hybridized carbons (Fsp3) is 0.407. The molecule has 0 spiro atoms. The third kappa shape index (κ3) is 5.94. The molecule has 2 aromatic heterocycles. The van der Waals surface area contributed by atoms with Gasteiger partial charge in [-0.3, -0.25) is 4.79 Å². The fourth-order valence-corrected chi connectivity index (χ4v) is 4.20. The van der Waals surface area contributed by atoms with E-state index in [0.717, 1.165) is 30.0 Å². The number of halogens is 1. The predicted molar refractivity (Wildman–Crippen MR) is 140 cm³/mol. The number of rotatable bonds is 8. The highest BCUT2D eigenvalue weighted by molar-refractivity contribution is 5.94. The minimum absolute atomic E-state index is 0.0417. The molecule has 1 fully saturated rings. The Labute approximate surface area is 220 Å². The van der Waals surface area contributed by atoms with Gasteiger partial charge in [0.1, 0.15) is 41.8 Å². The number of aromatic amines is 1. The van der Waals surface area contributed by atoms with Crippen LogP contribution in [0.3, 0.4) is 0 Å². The number of alkyl halides is 1. The molecular formula is C27H31FN6O4. The molecule has 38 heavy (non-hydrogen) atoms. The van der Waals surface area contributed by atoms with Gasteiger partial charge >= 0.3 is 0 Å². The van der Waals surface area contributed by atoms with Crippen LogP contribution in [0.25, 0.3) is 11.3 Å². The molecular weight excluding hydrogens is 491 g/mol. The third-order valence-corrected chi connectivity index (χ3v) is 6.33. The number of piperazine rings is 1. The van der Waals surface area contributed by atoms with Crippen LogP contribution in [0.1, 0.15) is 30.0 Å². The maximum Gasteiger partial charge on any atom is 0.274 e. The van der Waals surface area contributed by atoms with Crippen molar-refractivity contribution in [2.24, 2.45) is 4.99 Å². The largest absolute Gasteiger partial charge is 0.488 e. The van der Waals surface area contributed by atoms with E-state index in [2.05, 4.69) is 24.8 Å². The number of carbonyl (C=O) groups excluding carboxylic acids is 1. The molecule has 3 aromatic rings. The lowest BCUT2D eigenvalue weighted by Crippen LogP contribution is -2.47. The highest BCUT2D eigenvalue weighted by atomic mass is 19.1. The van der Waals surface area contributed by atoms with Crippen molar-refractivity contribution in [3.8, 4) is 28.6 Å². The number of nitrogens with one attached hydrogen (secondary N) is 1. The molecule has 1 saturated heterocycles. The molecule has 5 rings (SSSR count). The maximum atomic E-state index is 13.2. The molecule has 2 aliphatic heterocycles. The van der Waals surface area contributed by atoms with Crippen LogP contribution in [0.5, 0.6) is 17.4 Å². The number of H-pyrrole nitrogens is 1. The first-order chi connectivity index (χ1) is 18.4. The Bertz CT molecular complexity index is 1300. The molecule has 11 heteroatoms. The minimum atomic E-state index is -0.628. The molecule has 0 saturated carbocycles. The van der Waals surface area contributed by atoms with Gasteiger partial charge in [0, 0.05) is 43.5 Å². The van der Waals surface area contributed by atoms with Gasteiger partial charge in [0.25, 0.3) is 5.91 Å². The molecule has 2 aliphatic rings. The van der Waals surface area contributed by atoms with Crippen molar-refractivity contribution < 1.29 is 23.4 Å². The van der Waals surface area contributed by atoms with Crippen molar-refractivity contribution in [2.75, 3.05) is 46.4 Å². The van der Waals surface area contributed by atoms with Crippen LogP contribution >= 0.6 is 0 Å². The summed E-state index contributed by atoms with van der Waals surface area (Å²) in [5, 5.41) is 0. The Morgan fingerprint density at radius 3 is 2.58 bits per heavy atom. The summed E-state index contributed by atoms with van der Waals surface area (Å²) in [4.78, 5) is 33.0. The number of benzene rings is 1. The van der Waals surface area contributed by atoms with Crippen LogP contribution in [-0.2, 0) is 4.74 Å². The number of likely N-dealkylation sites (N-methyl/N-ethyl adjacent to an activating group) is 1. The smallest absolute Gasteiger partial charge is 0.274 e. The van der Waals surface area contributed by atoms with Gasteiger partial charge < -0.3 is 29.0 Å². The summed E-state index contributed by atoms with van der Waals surface area (Å²) in [5.41, 5.74) is 2.58. The highest BCUT2D eigenvalue weighted by Gasteiger charge is 2.22. The minimum Gasteiger partial charge on any atom is -0.488 e. The first-order valence-electron chi connectivity index (χ1n) is 12.6. The van der Waals surface area contributed by atoms with Gasteiger partial charge in [-0.05, 0) is 45.2 Å². The lowest BCUT2D eigenvalue weighted by atomic mass is 10.1. The van der Waals surface area contributed by atoms with E-state index in [1.165, 1.54) is 12.4 Å². The normalized spacial score (nSPS) is 18.6. The van der Waals surface area contributed by atoms with E-state index < -0.39 is 12.8 Å². The number of hydrogen-bond acceptors (Lipinski definition) is 8. The monoisotopic (exact) mass is 522 g/mol. The van der Waals surface area contributed by atoms with Crippen molar-refractivity contribution in [2.45, 2.75) is 26.1 Å². The zero-order valence-corrected chi connectivity index (χ0v) is 21.7. The van der Waals surface area contributed by atoms with Gasteiger partial charge in [-0.25, -0.2) is 19.4 Å². The molecule has 4 heterocycles. The van der Waals surface area contributed by atoms with Crippen LogP contribution in [0.2, 0.25) is 0 Å². The third-order valence-electron chi connectivity index (χ3n) is 6.33. The number of aromatic nitrogens is 3. The van der Waals surface area contributed by atoms with Crippen molar-refractivity contribution in [1.82, 2.24) is 24.8 Å². The highest BCUT2D eigenvalue weighted by Crippen LogP contribution is 2.32. The zero-order valence-electron chi connectivity index (χ0n) is 21.7. The van der Waals surface area contributed by atoms with E-state index in [0.29, 0.717) is 37.0 Å². The second-order valence-corrected chi connectivity index (χ2v) is 9.57. The number of aliphatic imine (C=N–C) groups is 1. The number of ether oxygens (including phenoxy) is 3. The lowest BCUT2D eigenvalue weighted by molar-refractivity contribution is 0.0657. The Balaban J connectivity index is 1.35. The fourth-order valence-electron chi connectivity index (χ4n) is 4.20.